The monoisotopic (exact) mass is 409 g/mol. The molecule has 0 spiro atoms. The van der Waals surface area contributed by atoms with Crippen LogP contribution in [0.1, 0.15) is 19.6 Å². The summed E-state index contributed by atoms with van der Waals surface area (Å²) in [5.41, 5.74) is -0.170. The lowest BCUT2D eigenvalue weighted by Crippen LogP contribution is -2.44. The van der Waals surface area contributed by atoms with Crippen LogP contribution < -0.4 is 10.6 Å². The molecule has 0 aliphatic carbocycles. The molecule has 0 unspecified atom stereocenters. The number of anilines is 2. The van der Waals surface area contributed by atoms with Crippen molar-refractivity contribution in [1.82, 2.24) is 15.0 Å². The quantitative estimate of drug-likeness (QED) is 0.664. The van der Waals surface area contributed by atoms with Crippen molar-refractivity contribution in [1.29, 1.82) is 0 Å². The number of carbonyl (C=O) groups excluding carboxylic acids is 2. The van der Waals surface area contributed by atoms with Gasteiger partial charge in [-0.2, -0.15) is 0 Å². The Balaban J connectivity index is 2.07. The van der Waals surface area contributed by atoms with Crippen molar-refractivity contribution >= 4 is 23.4 Å². The molecule has 2 aromatic rings. The highest BCUT2D eigenvalue weighted by Crippen LogP contribution is 2.15. The molecule has 158 valence electrons. The minimum Gasteiger partial charge on any atom is -0.360 e. The lowest BCUT2D eigenvalue weighted by atomic mass is 10.3. The van der Waals surface area contributed by atoms with Crippen molar-refractivity contribution in [2.75, 3.05) is 43.4 Å². The maximum Gasteiger partial charge on any atom is 0.322 e. The second-order valence-electron chi connectivity index (χ2n) is 6.37. The van der Waals surface area contributed by atoms with Crippen molar-refractivity contribution in [3.8, 4) is 0 Å². The molecule has 0 aliphatic heterocycles. The number of amides is 3. The first kappa shape index (κ1) is 22.3. The number of aromatic nitrogens is 1. The molecule has 0 aliphatic rings. The van der Waals surface area contributed by atoms with Crippen LogP contribution in [0.15, 0.2) is 28.8 Å². The van der Waals surface area contributed by atoms with Crippen LogP contribution in [0.3, 0.4) is 0 Å². The number of likely N-dealkylation sites (N-methyl/N-ethyl adjacent to an activating group) is 1. The van der Waals surface area contributed by atoms with Crippen LogP contribution in [0.2, 0.25) is 0 Å². The molecule has 10 heteroatoms. The summed E-state index contributed by atoms with van der Waals surface area (Å²) in [7, 11) is 0. The fraction of sp³-hybridized carbons (Fsp3) is 0.421. The zero-order valence-corrected chi connectivity index (χ0v) is 16.7. The van der Waals surface area contributed by atoms with E-state index in [1.807, 2.05) is 13.8 Å². The highest BCUT2D eigenvalue weighted by atomic mass is 19.1. The summed E-state index contributed by atoms with van der Waals surface area (Å²) in [6.07, 6.45) is 0. The van der Waals surface area contributed by atoms with Crippen LogP contribution in [-0.4, -0.2) is 59.6 Å². The lowest BCUT2D eigenvalue weighted by Gasteiger charge is -2.26. The minimum absolute atomic E-state index is 0.170. The van der Waals surface area contributed by atoms with Gasteiger partial charge in [-0.15, -0.1) is 0 Å². The Bertz CT molecular complexity index is 839. The number of rotatable bonds is 9. The second-order valence-corrected chi connectivity index (χ2v) is 6.37. The van der Waals surface area contributed by atoms with E-state index in [1.54, 1.807) is 13.0 Å². The molecule has 0 atom stereocenters. The van der Waals surface area contributed by atoms with E-state index >= 15 is 0 Å². The standard InChI is InChI=1S/C19H25F2N5O3/c1-4-25(5-2)8-9-26(12-18(27)23-17-10-13(3)29-24-17)19(28)22-16-7-6-14(20)11-15(16)21/h6-7,10-11H,4-5,8-9,12H2,1-3H3,(H,22,28)(H,23,24,27). The fourth-order valence-electron chi connectivity index (χ4n) is 2.62. The van der Waals surface area contributed by atoms with Gasteiger partial charge in [0.15, 0.2) is 5.82 Å². The number of hydrogen-bond donors (Lipinski definition) is 2. The zero-order chi connectivity index (χ0) is 21.4. The Hall–Kier alpha value is -3.01. The molecule has 1 aromatic carbocycles. The minimum atomic E-state index is -0.899. The van der Waals surface area contributed by atoms with Gasteiger partial charge < -0.3 is 25.0 Å². The van der Waals surface area contributed by atoms with Crippen molar-refractivity contribution < 1.29 is 22.9 Å². The lowest BCUT2D eigenvalue weighted by molar-refractivity contribution is -0.116. The molecule has 1 aromatic heterocycles. The number of benzene rings is 1. The number of hydrogen-bond acceptors (Lipinski definition) is 5. The molecule has 0 saturated carbocycles. The van der Waals surface area contributed by atoms with E-state index in [0.717, 1.165) is 25.2 Å². The summed E-state index contributed by atoms with van der Waals surface area (Å²) in [4.78, 5) is 28.3. The maximum atomic E-state index is 13.9. The van der Waals surface area contributed by atoms with Gasteiger partial charge in [-0.3, -0.25) is 4.79 Å². The summed E-state index contributed by atoms with van der Waals surface area (Å²) in [6, 6.07) is 3.72. The Kier molecular flexibility index (Phi) is 8.08. The Morgan fingerprint density at radius 3 is 2.41 bits per heavy atom. The Morgan fingerprint density at radius 1 is 1.10 bits per heavy atom. The molecule has 8 nitrogen and oxygen atoms in total. The first-order valence-electron chi connectivity index (χ1n) is 9.28. The normalized spacial score (nSPS) is 10.8. The second kappa shape index (κ2) is 10.5. The highest BCUT2D eigenvalue weighted by molar-refractivity contribution is 5.96. The Morgan fingerprint density at radius 2 is 1.83 bits per heavy atom. The van der Waals surface area contributed by atoms with Crippen LogP contribution in [0, 0.1) is 18.6 Å². The molecule has 2 rings (SSSR count). The third-order valence-electron chi connectivity index (χ3n) is 4.27. The van der Waals surface area contributed by atoms with Gasteiger partial charge in [0, 0.05) is 25.2 Å². The molecule has 0 radical (unpaired) electrons. The van der Waals surface area contributed by atoms with Gasteiger partial charge in [-0.05, 0) is 32.1 Å². The summed E-state index contributed by atoms with van der Waals surface area (Å²) < 4.78 is 31.8. The number of aryl methyl sites for hydroxylation is 1. The predicted octanol–water partition coefficient (Wildman–Crippen LogP) is 3.08. The molecular weight excluding hydrogens is 384 g/mol. The third kappa shape index (κ3) is 6.83. The van der Waals surface area contributed by atoms with Crippen LogP contribution in [0.25, 0.3) is 0 Å². The average molecular weight is 409 g/mol. The average Bonchev–Trinajstić information content (AvgIpc) is 3.08. The molecule has 29 heavy (non-hydrogen) atoms. The van der Waals surface area contributed by atoms with Crippen molar-refractivity contribution in [2.24, 2.45) is 0 Å². The first-order valence-corrected chi connectivity index (χ1v) is 9.28. The summed E-state index contributed by atoms with van der Waals surface area (Å²) in [6.45, 7) is 7.71. The van der Waals surface area contributed by atoms with Crippen LogP contribution in [0.5, 0.6) is 0 Å². The van der Waals surface area contributed by atoms with Crippen molar-refractivity contribution in [2.45, 2.75) is 20.8 Å². The van der Waals surface area contributed by atoms with Gasteiger partial charge in [0.05, 0.1) is 5.69 Å². The number of halogens is 2. The van der Waals surface area contributed by atoms with E-state index in [0.29, 0.717) is 18.4 Å². The van der Waals surface area contributed by atoms with E-state index in [1.165, 1.54) is 4.90 Å². The smallest absolute Gasteiger partial charge is 0.322 e. The van der Waals surface area contributed by atoms with Gasteiger partial charge in [0.2, 0.25) is 5.91 Å². The zero-order valence-electron chi connectivity index (χ0n) is 16.7. The Labute approximate surface area is 167 Å². The topological polar surface area (TPSA) is 90.7 Å². The van der Waals surface area contributed by atoms with Gasteiger partial charge in [0.25, 0.3) is 0 Å². The number of nitrogens with zero attached hydrogens (tertiary/aromatic N) is 3. The summed E-state index contributed by atoms with van der Waals surface area (Å²) in [5, 5.41) is 8.60. The molecule has 0 bridgehead atoms. The van der Waals surface area contributed by atoms with E-state index in [9.17, 15) is 18.4 Å². The first-order chi connectivity index (χ1) is 13.8. The van der Waals surface area contributed by atoms with E-state index in [-0.39, 0.29) is 24.6 Å². The van der Waals surface area contributed by atoms with E-state index in [4.69, 9.17) is 4.52 Å². The molecule has 1 heterocycles. The SMILES string of the molecule is CCN(CC)CCN(CC(=O)Nc1cc(C)on1)C(=O)Nc1ccc(F)cc1F. The van der Waals surface area contributed by atoms with E-state index < -0.39 is 23.6 Å². The van der Waals surface area contributed by atoms with Gasteiger partial charge in [0.1, 0.15) is 23.9 Å². The highest BCUT2D eigenvalue weighted by Gasteiger charge is 2.20. The van der Waals surface area contributed by atoms with Crippen LogP contribution >= 0.6 is 0 Å². The van der Waals surface area contributed by atoms with Crippen LogP contribution in [0.4, 0.5) is 25.1 Å². The third-order valence-corrected chi connectivity index (χ3v) is 4.27. The summed E-state index contributed by atoms with van der Waals surface area (Å²) in [5.74, 6) is -1.36. The van der Waals surface area contributed by atoms with Crippen LogP contribution in [-0.2, 0) is 4.79 Å². The predicted molar refractivity (Wildman–Crippen MR) is 105 cm³/mol. The van der Waals surface area contributed by atoms with Crippen molar-refractivity contribution in [3.05, 3.63) is 41.7 Å². The van der Waals surface area contributed by atoms with Gasteiger partial charge in [-0.25, -0.2) is 13.6 Å². The van der Waals surface area contributed by atoms with Crippen molar-refractivity contribution in [3.63, 3.8) is 0 Å². The fourth-order valence-corrected chi connectivity index (χ4v) is 2.62. The molecule has 3 amide bonds. The van der Waals surface area contributed by atoms with E-state index in [2.05, 4.69) is 20.7 Å². The number of carbonyl (C=O) groups is 2. The summed E-state index contributed by atoms with van der Waals surface area (Å²) >= 11 is 0. The van der Waals surface area contributed by atoms with Gasteiger partial charge in [-0.1, -0.05) is 19.0 Å². The molecule has 0 fully saturated rings. The molecular formula is C19H25F2N5O3. The molecule has 2 N–H and O–H groups in total. The maximum absolute atomic E-state index is 13.9. The number of nitrogens with one attached hydrogen (secondary N) is 2. The van der Waals surface area contributed by atoms with Gasteiger partial charge >= 0.3 is 6.03 Å². The number of urea groups is 1. The largest absolute Gasteiger partial charge is 0.360 e. The molecule has 0 saturated heterocycles.